The highest BCUT2D eigenvalue weighted by Crippen LogP contribution is 2.38. The van der Waals surface area contributed by atoms with Crippen LogP contribution in [0.5, 0.6) is 0 Å². The van der Waals surface area contributed by atoms with E-state index < -0.39 is 17.9 Å². The van der Waals surface area contributed by atoms with Crippen LogP contribution in [0.15, 0.2) is 54.9 Å². The Hall–Kier alpha value is -3.88. The van der Waals surface area contributed by atoms with Crippen LogP contribution < -0.4 is 11.1 Å². The van der Waals surface area contributed by atoms with Crippen molar-refractivity contribution in [2.45, 2.75) is 12.6 Å². The van der Waals surface area contributed by atoms with E-state index in [4.69, 9.17) is 5.73 Å². The molecule has 0 fully saturated rings. The van der Waals surface area contributed by atoms with Crippen LogP contribution in [0.4, 0.5) is 5.69 Å². The Balaban J connectivity index is 1.73. The zero-order valence-corrected chi connectivity index (χ0v) is 18.4. The lowest BCUT2D eigenvalue weighted by molar-refractivity contribution is -0.122. The Kier molecular flexibility index (Phi) is 5.03. The first-order valence-corrected chi connectivity index (χ1v) is 10.7. The quantitative estimate of drug-likeness (QED) is 0.269. The summed E-state index contributed by atoms with van der Waals surface area (Å²) in [5.74, 6) is -0.867. The maximum absolute atomic E-state index is 13.0. The van der Waals surface area contributed by atoms with Crippen molar-refractivity contribution in [3.8, 4) is 0 Å². The van der Waals surface area contributed by atoms with Gasteiger partial charge in [0.1, 0.15) is 0 Å². The van der Waals surface area contributed by atoms with Gasteiger partial charge in [0.25, 0.3) is 11.8 Å². The zero-order valence-electron chi connectivity index (χ0n) is 18.4. The van der Waals surface area contributed by atoms with E-state index in [0.29, 0.717) is 41.1 Å². The first kappa shape index (κ1) is 21.0. The summed E-state index contributed by atoms with van der Waals surface area (Å²) >= 11 is 0. The van der Waals surface area contributed by atoms with Crippen molar-refractivity contribution in [2.75, 3.05) is 26.4 Å². The highest BCUT2D eigenvalue weighted by atomic mass is 16.3. The van der Waals surface area contributed by atoms with Crippen LogP contribution >= 0.6 is 0 Å². The molecule has 5 N–H and O–H groups in total. The third kappa shape index (κ3) is 3.59. The highest BCUT2D eigenvalue weighted by molar-refractivity contribution is 6.50. The Morgan fingerprint density at radius 3 is 2.52 bits per heavy atom. The van der Waals surface area contributed by atoms with Crippen LogP contribution in [0.1, 0.15) is 11.1 Å². The van der Waals surface area contributed by atoms with Gasteiger partial charge in [0, 0.05) is 58.6 Å². The Bertz CT molecular complexity index is 1440. The van der Waals surface area contributed by atoms with Crippen molar-refractivity contribution in [2.24, 2.45) is 0 Å². The van der Waals surface area contributed by atoms with Gasteiger partial charge in [0.05, 0.1) is 22.8 Å². The Labute approximate surface area is 190 Å². The van der Waals surface area contributed by atoms with Gasteiger partial charge in [-0.3, -0.25) is 14.9 Å². The smallest absolute Gasteiger partial charge is 0.259 e. The number of aromatic amines is 1. The van der Waals surface area contributed by atoms with E-state index in [1.54, 1.807) is 12.3 Å². The molecule has 3 heterocycles. The van der Waals surface area contributed by atoms with E-state index in [1.165, 1.54) is 0 Å². The van der Waals surface area contributed by atoms with Gasteiger partial charge < -0.3 is 25.3 Å². The lowest BCUT2D eigenvalue weighted by Crippen LogP contribution is -2.29. The number of nitrogens with one attached hydrogen (secondary N) is 2. The summed E-state index contributed by atoms with van der Waals surface area (Å²) in [4.78, 5) is 31.0. The molecule has 0 saturated heterocycles. The fraction of sp³-hybridized carbons (Fsp3) is 0.200. The van der Waals surface area contributed by atoms with Crippen LogP contribution in [0.3, 0.4) is 0 Å². The normalized spacial score (nSPS) is 15.3. The van der Waals surface area contributed by atoms with E-state index in [0.717, 1.165) is 21.8 Å². The molecule has 1 aliphatic heterocycles. The number of para-hydroxylation sites is 1. The molecular weight excluding hydrogens is 418 g/mol. The topological polar surface area (TPSA) is 116 Å². The average Bonchev–Trinajstić information content (AvgIpc) is 3.40. The number of nitrogens with zero attached hydrogens (tertiary/aromatic N) is 2. The summed E-state index contributed by atoms with van der Waals surface area (Å²) < 4.78 is 1.89. The van der Waals surface area contributed by atoms with E-state index in [1.807, 2.05) is 66.2 Å². The molecule has 0 aliphatic carbocycles. The molecule has 0 bridgehead atoms. The number of anilines is 1. The van der Waals surface area contributed by atoms with E-state index in [-0.39, 0.29) is 0 Å². The molecule has 168 valence electrons. The standard InChI is InChI=1S/C25H25N5O3/c1-29(2)11-15(31)12-30-13-19(17-8-7-14(26)9-21(17)30)23-22(24(32)28-25(23)33)18-10-27-20-6-4-3-5-16(18)20/h3-10,13,15,27,31H,11-12,26H2,1-2H3,(H,28,32,33). The van der Waals surface area contributed by atoms with Gasteiger partial charge in [-0.05, 0) is 32.3 Å². The average molecular weight is 444 g/mol. The summed E-state index contributed by atoms with van der Waals surface area (Å²) in [6.45, 7) is 0.809. The molecule has 1 unspecified atom stereocenters. The van der Waals surface area contributed by atoms with Crippen LogP contribution in [0, 0.1) is 0 Å². The number of nitrogens with two attached hydrogens (primary N) is 1. The molecular formula is C25H25N5O3. The molecule has 0 saturated carbocycles. The van der Waals surface area contributed by atoms with Crippen molar-refractivity contribution < 1.29 is 14.7 Å². The van der Waals surface area contributed by atoms with E-state index in [9.17, 15) is 14.7 Å². The van der Waals surface area contributed by atoms with Crippen LogP contribution in [-0.4, -0.2) is 58.1 Å². The number of hydrogen-bond donors (Lipinski definition) is 4. The number of benzene rings is 2. The molecule has 8 heteroatoms. The maximum Gasteiger partial charge on any atom is 0.259 e. The van der Waals surface area contributed by atoms with Gasteiger partial charge in [-0.15, -0.1) is 0 Å². The predicted octanol–water partition coefficient (Wildman–Crippen LogP) is 2.19. The molecule has 1 aliphatic rings. The minimum absolute atomic E-state index is 0.320. The van der Waals surface area contributed by atoms with Gasteiger partial charge in [0.2, 0.25) is 0 Å². The minimum atomic E-state index is -0.619. The molecule has 2 amide bonds. The van der Waals surface area contributed by atoms with Crippen molar-refractivity contribution in [1.82, 2.24) is 19.8 Å². The second-order valence-corrected chi connectivity index (χ2v) is 8.67. The molecule has 5 rings (SSSR count). The zero-order chi connectivity index (χ0) is 23.3. The molecule has 4 aromatic rings. The number of aliphatic hydroxyl groups is 1. The Morgan fingerprint density at radius 1 is 1.03 bits per heavy atom. The highest BCUT2D eigenvalue weighted by Gasteiger charge is 2.35. The van der Waals surface area contributed by atoms with Gasteiger partial charge in [-0.25, -0.2) is 0 Å². The van der Waals surface area contributed by atoms with Gasteiger partial charge in [-0.1, -0.05) is 24.3 Å². The second kappa shape index (κ2) is 7.91. The third-order valence-corrected chi connectivity index (χ3v) is 5.95. The van der Waals surface area contributed by atoms with Gasteiger partial charge >= 0.3 is 0 Å². The van der Waals surface area contributed by atoms with Crippen molar-refractivity contribution in [3.05, 3.63) is 66.0 Å². The number of rotatable bonds is 6. The molecule has 8 nitrogen and oxygen atoms in total. The number of aliphatic hydroxyl groups excluding tert-OH is 1. The number of hydrogen-bond acceptors (Lipinski definition) is 5. The van der Waals surface area contributed by atoms with Gasteiger partial charge in [-0.2, -0.15) is 0 Å². The third-order valence-electron chi connectivity index (χ3n) is 5.95. The SMILES string of the molecule is CN(C)CC(O)Cn1cc(C2=C(c3c[nH]c4ccccc34)C(=O)NC2=O)c2ccc(N)cc21. The predicted molar refractivity (Wildman–Crippen MR) is 129 cm³/mol. The lowest BCUT2D eigenvalue weighted by Gasteiger charge is -2.17. The molecule has 33 heavy (non-hydrogen) atoms. The number of fused-ring (bicyclic) bond motifs is 2. The van der Waals surface area contributed by atoms with E-state index in [2.05, 4.69) is 10.3 Å². The number of carbonyl (C=O) groups is 2. The largest absolute Gasteiger partial charge is 0.399 e. The second-order valence-electron chi connectivity index (χ2n) is 8.67. The molecule has 2 aromatic heterocycles. The first-order chi connectivity index (χ1) is 15.8. The van der Waals surface area contributed by atoms with Crippen molar-refractivity contribution in [1.29, 1.82) is 0 Å². The number of imide groups is 1. The monoisotopic (exact) mass is 443 g/mol. The van der Waals surface area contributed by atoms with Crippen molar-refractivity contribution in [3.63, 3.8) is 0 Å². The molecule has 1 atom stereocenters. The number of aromatic nitrogens is 2. The number of nitrogen functional groups attached to an aromatic ring is 1. The lowest BCUT2D eigenvalue weighted by atomic mass is 9.95. The fourth-order valence-electron chi connectivity index (χ4n) is 4.61. The first-order valence-electron chi connectivity index (χ1n) is 10.7. The maximum atomic E-state index is 13.0. The summed E-state index contributed by atoms with van der Waals surface area (Å²) in [6, 6.07) is 13.1. The molecule has 0 radical (unpaired) electrons. The number of carbonyl (C=O) groups excluding carboxylic acids is 2. The van der Waals surface area contributed by atoms with Gasteiger partial charge in [0.15, 0.2) is 0 Å². The summed E-state index contributed by atoms with van der Waals surface area (Å²) in [7, 11) is 3.79. The van der Waals surface area contributed by atoms with Crippen LogP contribution in [0.2, 0.25) is 0 Å². The minimum Gasteiger partial charge on any atom is -0.399 e. The fourth-order valence-corrected chi connectivity index (χ4v) is 4.61. The number of likely N-dealkylation sites (N-methyl/N-ethyl adjacent to an activating group) is 1. The molecule has 2 aromatic carbocycles. The number of amides is 2. The van der Waals surface area contributed by atoms with Crippen LogP contribution in [-0.2, 0) is 16.1 Å². The van der Waals surface area contributed by atoms with E-state index >= 15 is 0 Å². The summed E-state index contributed by atoms with van der Waals surface area (Å²) in [5, 5.41) is 14.7. The summed E-state index contributed by atoms with van der Waals surface area (Å²) in [5.41, 5.74) is 10.3. The van der Waals surface area contributed by atoms with Crippen molar-refractivity contribution >= 4 is 50.5 Å². The van der Waals surface area contributed by atoms with Crippen LogP contribution in [0.25, 0.3) is 33.0 Å². The molecule has 0 spiro atoms. The summed E-state index contributed by atoms with van der Waals surface area (Å²) in [6.07, 6.45) is 2.97. The Morgan fingerprint density at radius 2 is 1.76 bits per heavy atom. The number of H-pyrrole nitrogens is 1.